The number of hydrogen-bond donors (Lipinski definition) is 6. The summed E-state index contributed by atoms with van der Waals surface area (Å²) in [5.41, 5.74) is 7.57. The van der Waals surface area contributed by atoms with Crippen LogP contribution in [0.1, 0.15) is 38.7 Å². The number of aliphatic hydroxyl groups excluding tert-OH is 1. The number of amides is 3. The van der Waals surface area contributed by atoms with Gasteiger partial charge in [-0.3, -0.25) is 14.4 Å². The van der Waals surface area contributed by atoms with Crippen LogP contribution in [0.4, 0.5) is 0 Å². The van der Waals surface area contributed by atoms with E-state index in [1.807, 2.05) is 38.1 Å². The summed E-state index contributed by atoms with van der Waals surface area (Å²) >= 11 is 0. The number of nitrogens with one attached hydrogen (secondary N) is 3. The van der Waals surface area contributed by atoms with Gasteiger partial charge < -0.3 is 36.5 Å². The average Bonchev–Trinajstić information content (AvgIpc) is 3.53. The van der Waals surface area contributed by atoms with E-state index in [1.165, 1.54) is 4.90 Å². The first-order valence-corrected chi connectivity index (χ1v) is 12.2. The first-order chi connectivity index (χ1) is 17.2. The molecular formula is C25H35N5O6. The summed E-state index contributed by atoms with van der Waals surface area (Å²) in [6.45, 7) is 3.26. The van der Waals surface area contributed by atoms with Crippen LogP contribution in [0.15, 0.2) is 30.5 Å². The number of carbonyl (C=O) groups is 4. The summed E-state index contributed by atoms with van der Waals surface area (Å²) in [6, 6.07) is 3.23. The summed E-state index contributed by atoms with van der Waals surface area (Å²) in [4.78, 5) is 55.2. The normalized spacial score (nSPS) is 18.9. The van der Waals surface area contributed by atoms with Crippen LogP contribution in [-0.2, 0) is 25.6 Å². The van der Waals surface area contributed by atoms with Gasteiger partial charge in [-0.2, -0.15) is 0 Å². The molecule has 0 aliphatic carbocycles. The fraction of sp³-hybridized carbons (Fsp3) is 0.520. The SMILES string of the molecule is CCC(C)C(N)C(=O)NC(CO)C(=O)NC(Cc1c[nH]c2ccccc12)C(=O)N1CCCC1C(=O)O. The molecule has 1 saturated heterocycles. The number of rotatable bonds is 11. The Labute approximate surface area is 209 Å². The third kappa shape index (κ3) is 6.03. The van der Waals surface area contributed by atoms with E-state index < -0.39 is 54.5 Å². The molecule has 0 spiro atoms. The van der Waals surface area contributed by atoms with Gasteiger partial charge in [-0.15, -0.1) is 0 Å². The molecule has 36 heavy (non-hydrogen) atoms. The van der Waals surface area contributed by atoms with E-state index in [-0.39, 0.29) is 18.9 Å². The van der Waals surface area contributed by atoms with Crippen LogP contribution in [0.2, 0.25) is 0 Å². The Morgan fingerprint density at radius 3 is 2.53 bits per heavy atom. The monoisotopic (exact) mass is 501 g/mol. The molecule has 7 N–H and O–H groups in total. The minimum absolute atomic E-state index is 0.0932. The second-order valence-corrected chi connectivity index (χ2v) is 9.31. The molecule has 5 unspecified atom stereocenters. The van der Waals surface area contributed by atoms with Crippen molar-refractivity contribution in [3.8, 4) is 0 Å². The highest BCUT2D eigenvalue weighted by Crippen LogP contribution is 2.23. The summed E-state index contributed by atoms with van der Waals surface area (Å²) in [7, 11) is 0. The summed E-state index contributed by atoms with van der Waals surface area (Å²) in [6.07, 6.45) is 3.37. The van der Waals surface area contributed by atoms with Gasteiger partial charge in [0, 0.05) is 30.1 Å². The third-order valence-electron chi connectivity index (χ3n) is 6.91. The molecule has 1 aliphatic heterocycles. The molecule has 2 heterocycles. The highest BCUT2D eigenvalue weighted by Gasteiger charge is 2.38. The molecule has 1 aromatic heterocycles. The van der Waals surface area contributed by atoms with Crippen molar-refractivity contribution in [3.05, 3.63) is 36.0 Å². The van der Waals surface area contributed by atoms with Crippen LogP contribution < -0.4 is 16.4 Å². The molecule has 2 aromatic rings. The number of nitrogens with zero attached hydrogens (tertiary/aromatic N) is 1. The van der Waals surface area contributed by atoms with Gasteiger partial charge >= 0.3 is 5.97 Å². The predicted octanol–water partition coefficient (Wildman–Crippen LogP) is 0.121. The smallest absolute Gasteiger partial charge is 0.326 e. The van der Waals surface area contributed by atoms with E-state index in [2.05, 4.69) is 15.6 Å². The first-order valence-electron chi connectivity index (χ1n) is 12.2. The lowest BCUT2D eigenvalue weighted by molar-refractivity contribution is -0.149. The van der Waals surface area contributed by atoms with Gasteiger partial charge in [0.2, 0.25) is 17.7 Å². The van der Waals surface area contributed by atoms with Crippen LogP contribution in [-0.4, -0.2) is 81.1 Å². The maximum absolute atomic E-state index is 13.5. The van der Waals surface area contributed by atoms with Gasteiger partial charge in [-0.25, -0.2) is 4.79 Å². The number of para-hydroxylation sites is 1. The highest BCUT2D eigenvalue weighted by molar-refractivity contribution is 5.95. The number of aromatic amines is 1. The van der Waals surface area contributed by atoms with Crippen LogP contribution >= 0.6 is 0 Å². The summed E-state index contributed by atoms with van der Waals surface area (Å²) in [5, 5.41) is 25.3. The van der Waals surface area contributed by atoms with Crippen molar-refractivity contribution in [2.45, 2.75) is 63.7 Å². The summed E-state index contributed by atoms with van der Waals surface area (Å²) < 4.78 is 0. The number of nitrogens with two attached hydrogens (primary N) is 1. The molecule has 11 nitrogen and oxygen atoms in total. The predicted molar refractivity (Wildman–Crippen MR) is 133 cm³/mol. The number of aliphatic carboxylic acids is 1. The van der Waals surface area contributed by atoms with E-state index in [0.717, 1.165) is 16.5 Å². The second kappa shape index (κ2) is 12.0. The Bertz CT molecular complexity index is 1100. The van der Waals surface area contributed by atoms with Gasteiger partial charge in [0.05, 0.1) is 12.6 Å². The fourth-order valence-corrected chi connectivity index (χ4v) is 4.45. The Kier molecular flexibility index (Phi) is 9.05. The molecule has 0 bridgehead atoms. The van der Waals surface area contributed by atoms with Gasteiger partial charge in [0.15, 0.2) is 0 Å². The Morgan fingerprint density at radius 2 is 1.86 bits per heavy atom. The first kappa shape index (κ1) is 27.2. The number of hydrogen-bond acceptors (Lipinski definition) is 6. The number of aromatic nitrogens is 1. The fourth-order valence-electron chi connectivity index (χ4n) is 4.45. The Balaban J connectivity index is 1.83. The van der Waals surface area contributed by atoms with Gasteiger partial charge in [0.1, 0.15) is 18.1 Å². The highest BCUT2D eigenvalue weighted by atomic mass is 16.4. The number of likely N-dealkylation sites (tertiary alicyclic amines) is 1. The van der Waals surface area contributed by atoms with Crippen molar-refractivity contribution in [3.63, 3.8) is 0 Å². The Hall–Kier alpha value is -3.44. The zero-order valence-electron chi connectivity index (χ0n) is 20.6. The maximum atomic E-state index is 13.5. The molecule has 0 radical (unpaired) electrons. The minimum Gasteiger partial charge on any atom is -0.480 e. The van der Waals surface area contributed by atoms with E-state index in [0.29, 0.717) is 19.3 Å². The second-order valence-electron chi connectivity index (χ2n) is 9.31. The van der Waals surface area contributed by atoms with E-state index in [4.69, 9.17) is 5.73 Å². The number of fused-ring (bicyclic) bond motifs is 1. The molecule has 3 amide bonds. The Morgan fingerprint density at radius 1 is 1.17 bits per heavy atom. The molecular weight excluding hydrogens is 466 g/mol. The molecule has 0 saturated carbocycles. The minimum atomic E-state index is -1.32. The topological polar surface area (TPSA) is 178 Å². The molecule has 3 rings (SSSR count). The van der Waals surface area contributed by atoms with E-state index in [1.54, 1.807) is 6.20 Å². The van der Waals surface area contributed by atoms with Crippen molar-refractivity contribution >= 4 is 34.6 Å². The zero-order chi connectivity index (χ0) is 26.4. The van der Waals surface area contributed by atoms with Crippen LogP contribution in [0.5, 0.6) is 0 Å². The van der Waals surface area contributed by atoms with Crippen LogP contribution in [0.3, 0.4) is 0 Å². The van der Waals surface area contributed by atoms with Crippen molar-refractivity contribution in [1.82, 2.24) is 20.5 Å². The van der Waals surface area contributed by atoms with Gasteiger partial charge in [0.25, 0.3) is 0 Å². The number of benzene rings is 1. The lowest BCUT2D eigenvalue weighted by atomic mass is 9.99. The molecule has 1 aliphatic rings. The molecule has 1 aromatic carbocycles. The standard InChI is InChI=1S/C25H35N5O6/c1-3-14(2)21(26)23(33)29-19(13-31)22(32)28-18(24(34)30-10-6-9-20(30)25(35)36)11-15-12-27-17-8-5-4-7-16(15)17/h4-5,7-8,12,14,18-21,27,31H,3,6,9-11,13,26H2,1-2H3,(H,28,32)(H,29,33)(H,35,36). The van der Waals surface area contributed by atoms with E-state index >= 15 is 0 Å². The van der Waals surface area contributed by atoms with Gasteiger partial charge in [-0.1, -0.05) is 38.5 Å². The molecule has 5 atom stereocenters. The number of aliphatic hydroxyl groups is 1. The van der Waals surface area contributed by atoms with Crippen molar-refractivity contribution < 1.29 is 29.4 Å². The molecule has 11 heteroatoms. The maximum Gasteiger partial charge on any atom is 0.326 e. The molecule has 1 fully saturated rings. The lowest BCUT2D eigenvalue weighted by Gasteiger charge is -2.29. The van der Waals surface area contributed by atoms with Crippen molar-refractivity contribution in [2.75, 3.05) is 13.2 Å². The van der Waals surface area contributed by atoms with E-state index in [9.17, 15) is 29.4 Å². The number of carboxylic acid groups (broad SMARTS) is 1. The number of carbonyl (C=O) groups excluding carboxylic acids is 3. The van der Waals surface area contributed by atoms with Crippen molar-refractivity contribution in [1.29, 1.82) is 0 Å². The third-order valence-corrected chi connectivity index (χ3v) is 6.91. The lowest BCUT2D eigenvalue weighted by Crippen LogP contribution is -2.59. The number of carboxylic acids is 1. The molecule has 196 valence electrons. The van der Waals surface area contributed by atoms with Crippen molar-refractivity contribution in [2.24, 2.45) is 11.7 Å². The largest absolute Gasteiger partial charge is 0.480 e. The van der Waals surface area contributed by atoms with Crippen LogP contribution in [0, 0.1) is 5.92 Å². The zero-order valence-corrected chi connectivity index (χ0v) is 20.6. The average molecular weight is 502 g/mol. The quantitative estimate of drug-likeness (QED) is 0.253. The summed E-state index contributed by atoms with van der Waals surface area (Å²) in [5.74, 6) is -3.10. The van der Waals surface area contributed by atoms with Gasteiger partial charge in [-0.05, 0) is 30.4 Å². The van der Waals surface area contributed by atoms with Crippen LogP contribution in [0.25, 0.3) is 10.9 Å². The number of H-pyrrole nitrogens is 1.